The van der Waals surface area contributed by atoms with Crippen molar-refractivity contribution in [3.05, 3.63) is 83.8 Å². The lowest BCUT2D eigenvalue weighted by Crippen LogP contribution is -2.31. The molecule has 28 heavy (non-hydrogen) atoms. The van der Waals surface area contributed by atoms with Gasteiger partial charge in [0.05, 0.1) is 0 Å². The van der Waals surface area contributed by atoms with Crippen molar-refractivity contribution in [2.24, 2.45) is 0 Å². The van der Waals surface area contributed by atoms with Crippen LogP contribution in [0, 0.1) is 0 Å². The summed E-state index contributed by atoms with van der Waals surface area (Å²) in [5.74, 6) is 0.325. The number of rotatable bonds is 7. The normalized spacial score (nSPS) is 10.4. The lowest BCUT2D eigenvalue weighted by Gasteiger charge is -2.20. The first-order valence-corrected chi connectivity index (χ1v) is 9.10. The number of benzene rings is 2. The monoisotopic (exact) mass is 374 g/mol. The van der Waals surface area contributed by atoms with Crippen LogP contribution in [0.5, 0.6) is 0 Å². The number of Topliss-reactive ketones (excluding diaryl/α,β-unsaturated/α-hetero) is 1. The molecule has 2 aromatic carbocycles. The molecular weight excluding hydrogens is 352 g/mol. The van der Waals surface area contributed by atoms with Gasteiger partial charge in [-0.1, -0.05) is 42.5 Å². The number of anilines is 2. The SMILES string of the molecule is CCN(Cc1ccccc1)C(=O)c1cc(Nc2cccc(C(C)=O)c2)ncn1. The highest BCUT2D eigenvalue weighted by Gasteiger charge is 2.17. The average molecular weight is 374 g/mol. The van der Waals surface area contributed by atoms with Crippen LogP contribution >= 0.6 is 0 Å². The summed E-state index contributed by atoms with van der Waals surface area (Å²) < 4.78 is 0. The molecule has 1 amide bonds. The van der Waals surface area contributed by atoms with E-state index in [0.29, 0.717) is 30.2 Å². The van der Waals surface area contributed by atoms with E-state index in [4.69, 9.17) is 0 Å². The van der Waals surface area contributed by atoms with E-state index in [2.05, 4.69) is 15.3 Å². The van der Waals surface area contributed by atoms with Crippen LogP contribution in [0.2, 0.25) is 0 Å². The molecule has 6 nitrogen and oxygen atoms in total. The Hall–Kier alpha value is -3.54. The van der Waals surface area contributed by atoms with Crippen LogP contribution < -0.4 is 5.32 Å². The fraction of sp³-hybridized carbons (Fsp3) is 0.182. The zero-order valence-corrected chi connectivity index (χ0v) is 15.9. The lowest BCUT2D eigenvalue weighted by molar-refractivity contribution is 0.0746. The predicted octanol–water partition coefficient (Wildman–Crippen LogP) is 4.09. The molecular formula is C22H22N4O2. The molecule has 0 radical (unpaired) electrons. The minimum Gasteiger partial charge on any atom is -0.340 e. The van der Waals surface area contributed by atoms with Gasteiger partial charge in [0.25, 0.3) is 5.91 Å². The molecule has 1 heterocycles. The molecule has 0 fully saturated rings. The first-order chi connectivity index (χ1) is 13.6. The molecule has 3 rings (SSSR count). The van der Waals surface area contributed by atoms with E-state index in [1.807, 2.05) is 43.3 Å². The number of hydrogen-bond acceptors (Lipinski definition) is 5. The number of hydrogen-bond donors (Lipinski definition) is 1. The van der Waals surface area contributed by atoms with Gasteiger partial charge in [-0.2, -0.15) is 0 Å². The number of carbonyl (C=O) groups excluding carboxylic acids is 2. The number of nitrogens with one attached hydrogen (secondary N) is 1. The summed E-state index contributed by atoms with van der Waals surface area (Å²) in [5, 5.41) is 3.13. The van der Waals surface area contributed by atoms with Gasteiger partial charge in [0.15, 0.2) is 5.78 Å². The van der Waals surface area contributed by atoms with Crippen molar-refractivity contribution in [3.8, 4) is 0 Å². The molecule has 142 valence electrons. The largest absolute Gasteiger partial charge is 0.340 e. The molecule has 6 heteroatoms. The first kappa shape index (κ1) is 19.2. The Morgan fingerprint density at radius 1 is 1.00 bits per heavy atom. The Bertz CT molecular complexity index is 973. The van der Waals surface area contributed by atoms with Gasteiger partial charge < -0.3 is 10.2 Å². The summed E-state index contributed by atoms with van der Waals surface area (Å²) in [6, 6.07) is 18.6. The second-order valence-electron chi connectivity index (χ2n) is 6.36. The van der Waals surface area contributed by atoms with E-state index in [1.54, 1.807) is 29.2 Å². The second kappa shape index (κ2) is 8.90. The average Bonchev–Trinajstić information content (AvgIpc) is 2.72. The van der Waals surface area contributed by atoms with E-state index >= 15 is 0 Å². The van der Waals surface area contributed by atoms with E-state index in [9.17, 15) is 9.59 Å². The Balaban J connectivity index is 1.77. The van der Waals surface area contributed by atoms with Crippen molar-refractivity contribution in [2.45, 2.75) is 20.4 Å². The molecule has 1 aromatic heterocycles. The first-order valence-electron chi connectivity index (χ1n) is 9.10. The van der Waals surface area contributed by atoms with E-state index < -0.39 is 0 Å². The fourth-order valence-corrected chi connectivity index (χ4v) is 2.80. The van der Waals surface area contributed by atoms with Gasteiger partial charge in [-0.3, -0.25) is 9.59 Å². The maximum absolute atomic E-state index is 12.9. The smallest absolute Gasteiger partial charge is 0.272 e. The molecule has 0 aliphatic rings. The van der Waals surface area contributed by atoms with Crippen molar-refractivity contribution >= 4 is 23.2 Å². The summed E-state index contributed by atoms with van der Waals surface area (Å²) in [6.45, 7) is 4.55. The molecule has 0 aliphatic heterocycles. The highest BCUT2D eigenvalue weighted by atomic mass is 16.2. The maximum Gasteiger partial charge on any atom is 0.272 e. The summed E-state index contributed by atoms with van der Waals surface area (Å²) >= 11 is 0. The van der Waals surface area contributed by atoms with Crippen LogP contribution in [-0.4, -0.2) is 33.1 Å². The van der Waals surface area contributed by atoms with Gasteiger partial charge in [-0.15, -0.1) is 0 Å². The minimum absolute atomic E-state index is 0.0123. The number of ketones is 1. The summed E-state index contributed by atoms with van der Waals surface area (Å²) in [5.41, 5.74) is 2.71. The van der Waals surface area contributed by atoms with E-state index in [0.717, 1.165) is 11.3 Å². The zero-order chi connectivity index (χ0) is 19.9. The third-order valence-electron chi connectivity index (χ3n) is 4.31. The molecule has 0 atom stereocenters. The van der Waals surface area contributed by atoms with Crippen LogP contribution in [-0.2, 0) is 6.54 Å². The van der Waals surface area contributed by atoms with Crippen molar-refractivity contribution in [2.75, 3.05) is 11.9 Å². The zero-order valence-electron chi connectivity index (χ0n) is 15.9. The quantitative estimate of drug-likeness (QED) is 0.631. The topological polar surface area (TPSA) is 75.2 Å². The van der Waals surface area contributed by atoms with Crippen LogP contribution in [0.25, 0.3) is 0 Å². The summed E-state index contributed by atoms with van der Waals surface area (Å²) in [4.78, 5) is 34.5. The molecule has 0 bridgehead atoms. The van der Waals surface area contributed by atoms with Gasteiger partial charge in [-0.05, 0) is 31.5 Å². The van der Waals surface area contributed by atoms with Gasteiger partial charge >= 0.3 is 0 Å². The second-order valence-corrected chi connectivity index (χ2v) is 6.36. The van der Waals surface area contributed by atoms with Crippen molar-refractivity contribution in [1.82, 2.24) is 14.9 Å². The molecule has 0 saturated heterocycles. The Labute approximate surface area is 164 Å². The van der Waals surface area contributed by atoms with Gasteiger partial charge in [-0.25, -0.2) is 9.97 Å². The third kappa shape index (κ3) is 4.79. The minimum atomic E-state index is -0.158. The number of aromatic nitrogens is 2. The van der Waals surface area contributed by atoms with Crippen molar-refractivity contribution < 1.29 is 9.59 Å². The molecule has 0 saturated carbocycles. The van der Waals surface area contributed by atoms with Gasteiger partial charge in [0.1, 0.15) is 17.8 Å². The highest BCUT2D eigenvalue weighted by molar-refractivity contribution is 5.95. The highest BCUT2D eigenvalue weighted by Crippen LogP contribution is 2.17. The Morgan fingerprint density at radius 2 is 1.79 bits per heavy atom. The summed E-state index contributed by atoms with van der Waals surface area (Å²) in [6.07, 6.45) is 1.36. The third-order valence-corrected chi connectivity index (χ3v) is 4.31. The fourth-order valence-electron chi connectivity index (χ4n) is 2.80. The molecule has 0 unspecified atom stereocenters. The number of carbonyl (C=O) groups is 2. The maximum atomic E-state index is 12.9. The molecule has 3 aromatic rings. The van der Waals surface area contributed by atoms with Crippen LogP contribution in [0.4, 0.5) is 11.5 Å². The van der Waals surface area contributed by atoms with Crippen LogP contribution in [0.15, 0.2) is 67.0 Å². The van der Waals surface area contributed by atoms with Crippen LogP contribution in [0.1, 0.15) is 40.3 Å². The van der Waals surface area contributed by atoms with E-state index in [-0.39, 0.29) is 11.7 Å². The predicted molar refractivity (Wildman–Crippen MR) is 109 cm³/mol. The standard InChI is InChI=1S/C22H22N4O2/c1-3-26(14-17-8-5-4-6-9-17)22(28)20-13-21(24-15-23-20)25-19-11-7-10-18(12-19)16(2)27/h4-13,15H,3,14H2,1-2H3,(H,23,24,25). The Kier molecular flexibility index (Phi) is 6.11. The van der Waals surface area contributed by atoms with Gasteiger partial charge in [0.2, 0.25) is 0 Å². The number of nitrogens with zero attached hydrogens (tertiary/aromatic N) is 3. The Morgan fingerprint density at radius 3 is 2.50 bits per heavy atom. The van der Waals surface area contributed by atoms with Crippen molar-refractivity contribution in [1.29, 1.82) is 0 Å². The molecule has 0 spiro atoms. The van der Waals surface area contributed by atoms with Crippen molar-refractivity contribution in [3.63, 3.8) is 0 Å². The van der Waals surface area contributed by atoms with Gasteiger partial charge in [0, 0.05) is 30.4 Å². The molecule has 1 N–H and O–H groups in total. The lowest BCUT2D eigenvalue weighted by atomic mass is 10.1. The summed E-state index contributed by atoms with van der Waals surface area (Å²) in [7, 11) is 0. The molecule has 0 aliphatic carbocycles. The number of amides is 1. The van der Waals surface area contributed by atoms with E-state index in [1.165, 1.54) is 13.3 Å². The van der Waals surface area contributed by atoms with Crippen LogP contribution in [0.3, 0.4) is 0 Å².